The molecule has 0 radical (unpaired) electrons. The van der Waals surface area contributed by atoms with Gasteiger partial charge in [-0.15, -0.1) is 0 Å². The van der Waals surface area contributed by atoms with Gasteiger partial charge in [0.05, 0.1) is 5.41 Å². The van der Waals surface area contributed by atoms with Gasteiger partial charge in [-0.3, -0.25) is 9.59 Å². The molecule has 1 aromatic rings. The lowest BCUT2D eigenvalue weighted by atomic mass is 9.78. The number of carboxylic acids is 2. The number of carbonyl (C=O) groups is 2. The van der Waals surface area contributed by atoms with Crippen LogP contribution in [0.3, 0.4) is 0 Å². The van der Waals surface area contributed by atoms with Crippen LogP contribution in [0.2, 0.25) is 0 Å². The van der Waals surface area contributed by atoms with Gasteiger partial charge in [0.25, 0.3) is 0 Å². The Labute approximate surface area is 107 Å². The van der Waals surface area contributed by atoms with E-state index in [-0.39, 0.29) is 12.8 Å². The zero-order valence-electron chi connectivity index (χ0n) is 9.31. The molecule has 4 nitrogen and oxygen atoms in total. The molecule has 0 aliphatic carbocycles. The van der Waals surface area contributed by atoms with Crippen molar-refractivity contribution in [1.82, 2.24) is 0 Å². The second-order valence-corrected chi connectivity index (χ2v) is 4.96. The first-order chi connectivity index (χ1) is 7.86. The van der Waals surface area contributed by atoms with E-state index in [0.29, 0.717) is 5.56 Å². The highest BCUT2D eigenvalue weighted by atomic mass is 79.9. The van der Waals surface area contributed by atoms with Gasteiger partial charge in [0, 0.05) is 10.9 Å². The zero-order chi connectivity index (χ0) is 13.1. The minimum absolute atomic E-state index is 0.0636. The topological polar surface area (TPSA) is 74.6 Å². The fourth-order valence-corrected chi connectivity index (χ4v) is 1.96. The summed E-state index contributed by atoms with van der Waals surface area (Å²) in [6.07, 6.45) is -0.108. The van der Waals surface area contributed by atoms with E-state index in [0.717, 1.165) is 4.47 Å². The summed E-state index contributed by atoms with van der Waals surface area (Å²) in [5, 5.41) is 17.9. The Morgan fingerprint density at radius 2 is 2.00 bits per heavy atom. The van der Waals surface area contributed by atoms with E-state index in [1.165, 1.54) is 0 Å². The monoisotopic (exact) mass is 300 g/mol. The fourth-order valence-electron chi connectivity index (χ4n) is 1.56. The Morgan fingerprint density at radius 1 is 1.35 bits per heavy atom. The summed E-state index contributed by atoms with van der Waals surface area (Å²) >= 11 is 3.27. The zero-order valence-corrected chi connectivity index (χ0v) is 10.9. The normalized spacial score (nSPS) is 14.0. The van der Waals surface area contributed by atoms with Crippen molar-refractivity contribution in [1.29, 1.82) is 0 Å². The van der Waals surface area contributed by atoms with Gasteiger partial charge < -0.3 is 10.2 Å². The summed E-state index contributed by atoms with van der Waals surface area (Å²) in [4.78, 5) is 21.9. The predicted molar refractivity (Wildman–Crippen MR) is 66.0 cm³/mol. The second-order valence-electron chi connectivity index (χ2n) is 4.04. The van der Waals surface area contributed by atoms with Crippen molar-refractivity contribution in [3.8, 4) is 0 Å². The van der Waals surface area contributed by atoms with Crippen LogP contribution in [0.5, 0.6) is 0 Å². The number of hydrogen-bond acceptors (Lipinski definition) is 2. The Morgan fingerprint density at radius 3 is 2.47 bits per heavy atom. The first-order valence-corrected chi connectivity index (χ1v) is 5.87. The van der Waals surface area contributed by atoms with Crippen LogP contribution in [0.25, 0.3) is 0 Å². The Bertz CT molecular complexity index is 444. The molecular formula is C12H13BrO4. The molecule has 0 heterocycles. The molecule has 5 heteroatoms. The lowest BCUT2D eigenvalue weighted by Gasteiger charge is -2.24. The fraction of sp³-hybridized carbons (Fsp3) is 0.333. The molecule has 1 unspecified atom stereocenters. The molecule has 0 aliphatic rings. The van der Waals surface area contributed by atoms with Crippen LogP contribution in [-0.2, 0) is 15.0 Å². The van der Waals surface area contributed by atoms with E-state index < -0.39 is 17.4 Å². The SMILES string of the molecule is CC(CCC(=O)O)(C(=O)O)c1cccc(Br)c1. The largest absolute Gasteiger partial charge is 0.481 e. The molecule has 0 amide bonds. The van der Waals surface area contributed by atoms with E-state index in [4.69, 9.17) is 5.11 Å². The molecule has 92 valence electrons. The van der Waals surface area contributed by atoms with Crippen molar-refractivity contribution in [2.24, 2.45) is 0 Å². The van der Waals surface area contributed by atoms with E-state index in [1.807, 2.05) is 0 Å². The van der Waals surface area contributed by atoms with Gasteiger partial charge in [0.1, 0.15) is 0 Å². The van der Waals surface area contributed by atoms with Crippen LogP contribution in [0, 0.1) is 0 Å². The molecule has 17 heavy (non-hydrogen) atoms. The predicted octanol–water partition coefficient (Wildman–Crippen LogP) is 2.66. The number of carboxylic acid groups (broad SMARTS) is 2. The molecule has 1 atom stereocenters. The standard InChI is InChI=1S/C12H13BrO4/c1-12(11(16)17,6-5-10(14)15)8-3-2-4-9(13)7-8/h2-4,7H,5-6H2,1H3,(H,14,15)(H,16,17). The van der Waals surface area contributed by atoms with Crippen LogP contribution in [-0.4, -0.2) is 22.2 Å². The summed E-state index contributed by atoms with van der Waals surface area (Å²) in [5.74, 6) is -2.01. The van der Waals surface area contributed by atoms with Crippen LogP contribution in [0.15, 0.2) is 28.7 Å². The maximum Gasteiger partial charge on any atom is 0.313 e. The molecule has 0 aromatic heterocycles. The average molecular weight is 301 g/mol. The first-order valence-electron chi connectivity index (χ1n) is 5.07. The highest BCUT2D eigenvalue weighted by Crippen LogP contribution is 2.31. The van der Waals surface area contributed by atoms with Gasteiger partial charge in [-0.1, -0.05) is 28.1 Å². The van der Waals surface area contributed by atoms with E-state index in [1.54, 1.807) is 31.2 Å². The lowest BCUT2D eigenvalue weighted by molar-refractivity contribution is -0.144. The third kappa shape index (κ3) is 3.30. The quantitative estimate of drug-likeness (QED) is 0.876. The highest BCUT2D eigenvalue weighted by molar-refractivity contribution is 9.10. The number of halogens is 1. The average Bonchev–Trinajstić information content (AvgIpc) is 2.25. The van der Waals surface area contributed by atoms with Crippen molar-refractivity contribution in [2.45, 2.75) is 25.2 Å². The minimum atomic E-state index is -1.18. The van der Waals surface area contributed by atoms with Gasteiger partial charge in [-0.2, -0.15) is 0 Å². The molecule has 2 N–H and O–H groups in total. The van der Waals surface area contributed by atoms with Crippen LogP contribution >= 0.6 is 15.9 Å². The molecule has 1 aromatic carbocycles. The van der Waals surface area contributed by atoms with Crippen LogP contribution < -0.4 is 0 Å². The van der Waals surface area contributed by atoms with Crippen molar-refractivity contribution >= 4 is 27.9 Å². The highest BCUT2D eigenvalue weighted by Gasteiger charge is 2.35. The van der Waals surface area contributed by atoms with Gasteiger partial charge in [-0.25, -0.2) is 0 Å². The summed E-state index contributed by atoms with van der Waals surface area (Å²) in [6, 6.07) is 6.93. The number of rotatable bonds is 5. The summed E-state index contributed by atoms with van der Waals surface area (Å²) in [7, 11) is 0. The molecule has 0 saturated heterocycles. The third-order valence-corrected chi connectivity index (χ3v) is 3.27. The van der Waals surface area contributed by atoms with E-state index in [2.05, 4.69) is 15.9 Å². The third-order valence-electron chi connectivity index (χ3n) is 2.77. The van der Waals surface area contributed by atoms with Gasteiger partial charge in [-0.05, 0) is 31.0 Å². The molecule has 1 rings (SSSR count). The Hall–Kier alpha value is -1.36. The van der Waals surface area contributed by atoms with Crippen molar-refractivity contribution in [2.75, 3.05) is 0 Å². The van der Waals surface area contributed by atoms with E-state index >= 15 is 0 Å². The smallest absolute Gasteiger partial charge is 0.313 e. The van der Waals surface area contributed by atoms with E-state index in [9.17, 15) is 14.7 Å². The Kier molecular flexibility index (Phi) is 4.28. The molecule has 0 aliphatic heterocycles. The molecule has 0 spiro atoms. The molecule has 0 saturated carbocycles. The number of hydrogen-bond donors (Lipinski definition) is 2. The molecular weight excluding hydrogens is 288 g/mol. The summed E-state index contributed by atoms with van der Waals surface area (Å²) < 4.78 is 0.776. The van der Waals surface area contributed by atoms with Crippen LogP contribution in [0.1, 0.15) is 25.3 Å². The van der Waals surface area contributed by atoms with Crippen molar-refractivity contribution in [3.05, 3.63) is 34.3 Å². The molecule has 0 fully saturated rings. The molecule has 0 bridgehead atoms. The van der Waals surface area contributed by atoms with Gasteiger partial charge >= 0.3 is 11.9 Å². The maximum atomic E-state index is 11.3. The Balaban J connectivity index is 3.07. The van der Waals surface area contributed by atoms with Crippen molar-refractivity contribution < 1.29 is 19.8 Å². The van der Waals surface area contributed by atoms with Crippen LogP contribution in [0.4, 0.5) is 0 Å². The van der Waals surface area contributed by atoms with Gasteiger partial charge in [0.2, 0.25) is 0 Å². The number of benzene rings is 1. The number of aliphatic carboxylic acids is 2. The summed E-state index contributed by atoms with van der Waals surface area (Å²) in [5.41, 5.74) is -0.581. The maximum absolute atomic E-state index is 11.3. The first kappa shape index (κ1) is 13.7. The summed E-state index contributed by atoms with van der Waals surface area (Å²) in [6.45, 7) is 1.54. The van der Waals surface area contributed by atoms with Gasteiger partial charge in [0.15, 0.2) is 0 Å². The lowest BCUT2D eigenvalue weighted by Crippen LogP contribution is -2.33. The van der Waals surface area contributed by atoms with Crippen molar-refractivity contribution in [3.63, 3.8) is 0 Å². The minimum Gasteiger partial charge on any atom is -0.481 e. The second kappa shape index (κ2) is 5.31.